The van der Waals surface area contributed by atoms with Gasteiger partial charge >= 0.3 is 5.97 Å². The number of hydrogen-bond donors (Lipinski definition) is 2. The zero-order chi connectivity index (χ0) is 14.9. The van der Waals surface area contributed by atoms with Gasteiger partial charge in [0.15, 0.2) is 0 Å². The normalized spacial score (nSPS) is 11.3. The molecular weight excluding hydrogens is 287 g/mol. The van der Waals surface area contributed by atoms with Crippen LogP contribution >= 0.6 is 0 Å². The summed E-state index contributed by atoms with van der Waals surface area (Å²) in [5.74, 6) is -1.83. The number of aromatic carboxylic acids is 1. The number of carboxylic acids is 1. The number of carbonyl (C=O) groups is 1. The number of aromatic amines is 1. The predicted molar refractivity (Wildman–Crippen MR) is 69.7 cm³/mol. The maximum absolute atomic E-state index is 13.1. The largest absolute Gasteiger partial charge is 0.477 e. The summed E-state index contributed by atoms with van der Waals surface area (Å²) in [7, 11) is -2.69. The molecule has 1 aromatic carbocycles. The van der Waals surface area contributed by atoms with Gasteiger partial charge < -0.3 is 10.1 Å². The van der Waals surface area contributed by atoms with Crippen molar-refractivity contribution in [3.8, 4) is 0 Å². The van der Waals surface area contributed by atoms with Crippen molar-refractivity contribution < 1.29 is 22.7 Å². The molecule has 2 aromatic rings. The van der Waals surface area contributed by atoms with E-state index in [9.17, 15) is 17.6 Å². The second-order valence-corrected chi connectivity index (χ2v) is 5.98. The summed E-state index contributed by atoms with van der Waals surface area (Å²) < 4.78 is 38.5. The quantitative estimate of drug-likeness (QED) is 0.898. The number of halogens is 1. The van der Waals surface area contributed by atoms with Crippen molar-refractivity contribution in [3.63, 3.8) is 0 Å². The van der Waals surface area contributed by atoms with Gasteiger partial charge in [0.25, 0.3) is 10.0 Å². The standard InChI is InChI=1S/C12H11FN2O4S/c1-15(9-4-2-3-8(13)5-9)20(18,19)10-6-11(12(16)17)14-7-10/h2-7,14H,1H3,(H,16,17). The molecule has 0 atom stereocenters. The van der Waals surface area contributed by atoms with Crippen LogP contribution < -0.4 is 4.31 Å². The van der Waals surface area contributed by atoms with E-state index in [1.54, 1.807) is 0 Å². The van der Waals surface area contributed by atoms with Crippen LogP contribution in [0.25, 0.3) is 0 Å². The first-order chi connectivity index (χ1) is 9.32. The third-order valence-electron chi connectivity index (χ3n) is 2.72. The van der Waals surface area contributed by atoms with Crippen LogP contribution in [0.4, 0.5) is 10.1 Å². The van der Waals surface area contributed by atoms with E-state index in [0.717, 1.165) is 22.6 Å². The number of rotatable bonds is 4. The molecule has 0 fully saturated rings. The Kier molecular flexibility index (Phi) is 3.49. The van der Waals surface area contributed by atoms with Gasteiger partial charge in [-0.2, -0.15) is 0 Å². The number of nitrogens with one attached hydrogen (secondary N) is 1. The molecule has 0 aliphatic carbocycles. The maximum Gasteiger partial charge on any atom is 0.352 e. The Bertz CT molecular complexity index is 754. The van der Waals surface area contributed by atoms with Crippen LogP contribution in [0.3, 0.4) is 0 Å². The van der Waals surface area contributed by atoms with Gasteiger partial charge in [-0.3, -0.25) is 4.31 Å². The molecule has 20 heavy (non-hydrogen) atoms. The first-order valence-electron chi connectivity index (χ1n) is 5.48. The highest BCUT2D eigenvalue weighted by molar-refractivity contribution is 7.92. The molecule has 0 bridgehead atoms. The summed E-state index contributed by atoms with van der Waals surface area (Å²) >= 11 is 0. The molecule has 2 rings (SSSR count). The van der Waals surface area contributed by atoms with E-state index < -0.39 is 21.8 Å². The van der Waals surface area contributed by atoms with E-state index in [1.165, 1.54) is 25.2 Å². The van der Waals surface area contributed by atoms with Crippen molar-refractivity contribution in [2.75, 3.05) is 11.4 Å². The fourth-order valence-corrected chi connectivity index (χ4v) is 2.80. The van der Waals surface area contributed by atoms with E-state index in [0.29, 0.717) is 0 Å². The van der Waals surface area contributed by atoms with Gasteiger partial charge in [-0.15, -0.1) is 0 Å². The summed E-state index contributed by atoms with van der Waals surface area (Å²) in [5.41, 5.74) is -0.0979. The molecule has 0 saturated heterocycles. The number of nitrogens with zero attached hydrogens (tertiary/aromatic N) is 1. The molecule has 1 aromatic heterocycles. The summed E-state index contributed by atoms with van der Waals surface area (Å²) in [6.45, 7) is 0. The second kappa shape index (κ2) is 4.97. The van der Waals surface area contributed by atoms with E-state index in [1.807, 2.05) is 0 Å². The first-order valence-corrected chi connectivity index (χ1v) is 6.92. The summed E-state index contributed by atoms with van der Waals surface area (Å²) in [6.07, 6.45) is 1.08. The van der Waals surface area contributed by atoms with Gasteiger partial charge in [0.05, 0.1) is 5.69 Å². The Balaban J connectivity index is 2.41. The number of carboxylic acid groups (broad SMARTS) is 1. The van der Waals surface area contributed by atoms with Gasteiger partial charge in [0.1, 0.15) is 16.4 Å². The average Bonchev–Trinajstić information content (AvgIpc) is 2.88. The van der Waals surface area contributed by atoms with Crippen LogP contribution in [0.1, 0.15) is 10.5 Å². The van der Waals surface area contributed by atoms with Crippen molar-refractivity contribution >= 4 is 21.7 Å². The van der Waals surface area contributed by atoms with Gasteiger partial charge in [-0.05, 0) is 24.3 Å². The molecular formula is C12H11FN2O4S. The topological polar surface area (TPSA) is 90.5 Å². The predicted octanol–water partition coefficient (Wildman–Crippen LogP) is 1.68. The Morgan fingerprint density at radius 2 is 2.05 bits per heavy atom. The van der Waals surface area contributed by atoms with E-state index in [-0.39, 0.29) is 16.3 Å². The third-order valence-corrected chi connectivity index (χ3v) is 4.48. The number of H-pyrrole nitrogens is 1. The molecule has 0 unspecified atom stereocenters. The second-order valence-electron chi connectivity index (χ2n) is 4.01. The van der Waals surface area contributed by atoms with Gasteiger partial charge in [0, 0.05) is 13.2 Å². The molecule has 8 heteroatoms. The highest BCUT2D eigenvalue weighted by Gasteiger charge is 2.24. The molecule has 1 heterocycles. The molecule has 0 spiro atoms. The van der Waals surface area contributed by atoms with Crippen LogP contribution in [0.2, 0.25) is 0 Å². The number of aromatic nitrogens is 1. The van der Waals surface area contributed by atoms with Crippen molar-refractivity contribution in [3.05, 3.63) is 48.0 Å². The minimum Gasteiger partial charge on any atom is -0.477 e. The van der Waals surface area contributed by atoms with Gasteiger partial charge in [0.2, 0.25) is 0 Å². The van der Waals surface area contributed by atoms with E-state index >= 15 is 0 Å². The lowest BCUT2D eigenvalue weighted by Gasteiger charge is -2.18. The summed E-state index contributed by atoms with van der Waals surface area (Å²) in [6, 6.07) is 6.10. The van der Waals surface area contributed by atoms with E-state index in [2.05, 4.69) is 4.98 Å². The zero-order valence-corrected chi connectivity index (χ0v) is 11.2. The molecule has 2 N–H and O–H groups in total. The highest BCUT2D eigenvalue weighted by atomic mass is 32.2. The Morgan fingerprint density at radius 3 is 2.60 bits per heavy atom. The molecule has 0 saturated carbocycles. The zero-order valence-electron chi connectivity index (χ0n) is 10.4. The molecule has 0 aliphatic rings. The van der Waals surface area contributed by atoms with Crippen molar-refractivity contribution in [1.29, 1.82) is 0 Å². The van der Waals surface area contributed by atoms with Crippen molar-refractivity contribution in [2.45, 2.75) is 4.90 Å². The van der Waals surface area contributed by atoms with Crippen LogP contribution in [0.5, 0.6) is 0 Å². The maximum atomic E-state index is 13.1. The first kappa shape index (κ1) is 14.1. The summed E-state index contributed by atoms with van der Waals surface area (Å²) in [5, 5.41) is 8.77. The lowest BCUT2D eigenvalue weighted by atomic mass is 10.3. The lowest BCUT2D eigenvalue weighted by Crippen LogP contribution is -2.26. The smallest absolute Gasteiger partial charge is 0.352 e. The fraction of sp³-hybridized carbons (Fsp3) is 0.0833. The molecule has 6 nitrogen and oxygen atoms in total. The minimum absolute atomic E-state index is 0.142. The monoisotopic (exact) mass is 298 g/mol. The molecule has 106 valence electrons. The Labute approximate surface area is 114 Å². The highest BCUT2D eigenvalue weighted by Crippen LogP contribution is 2.23. The number of benzene rings is 1. The van der Waals surface area contributed by atoms with Crippen molar-refractivity contribution in [2.24, 2.45) is 0 Å². The van der Waals surface area contributed by atoms with Crippen LogP contribution in [-0.4, -0.2) is 31.5 Å². The molecule has 0 aliphatic heterocycles. The number of hydrogen-bond acceptors (Lipinski definition) is 3. The van der Waals surface area contributed by atoms with Crippen molar-refractivity contribution in [1.82, 2.24) is 4.98 Å². The van der Waals surface area contributed by atoms with Crippen LogP contribution in [0.15, 0.2) is 41.4 Å². The van der Waals surface area contributed by atoms with E-state index in [4.69, 9.17) is 5.11 Å². The molecule has 0 radical (unpaired) electrons. The number of anilines is 1. The SMILES string of the molecule is CN(c1cccc(F)c1)S(=O)(=O)c1c[nH]c(C(=O)O)c1. The van der Waals surface area contributed by atoms with Gasteiger partial charge in [-0.25, -0.2) is 17.6 Å². The summed E-state index contributed by atoms with van der Waals surface area (Å²) in [4.78, 5) is 12.9. The Morgan fingerprint density at radius 1 is 1.35 bits per heavy atom. The number of sulfonamides is 1. The lowest BCUT2D eigenvalue weighted by molar-refractivity contribution is 0.0691. The van der Waals surface area contributed by atoms with Crippen LogP contribution in [-0.2, 0) is 10.0 Å². The molecule has 0 amide bonds. The minimum atomic E-state index is -3.95. The fourth-order valence-electron chi connectivity index (χ4n) is 1.62. The Hall–Kier alpha value is -2.35. The van der Waals surface area contributed by atoms with Crippen LogP contribution in [0, 0.1) is 5.82 Å². The third kappa shape index (κ3) is 2.50. The van der Waals surface area contributed by atoms with Gasteiger partial charge in [-0.1, -0.05) is 6.07 Å². The average molecular weight is 298 g/mol.